The highest BCUT2D eigenvalue weighted by Gasteiger charge is 2.32. The van der Waals surface area contributed by atoms with Gasteiger partial charge in [-0.1, -0.05) is 19.1 Å². The van der Waals surface area contributed by atoms with E-state index in [9.17, 15) is 19.2 Å². The predicted molar refractivity (Wildman–Crippen MR) is 267 cm³/mol. The maximum Gasteiger partial charge on any atom is 0.321 e. The lowest BCUT2D eigenvalue weighted by molar-refractivity contribution is -0.133. The zero-order chi connectivity index (χ0) is 49.3. The van der Waals surface area contributed by atoms with Crippen LogP contribution in [0, 0.1) is 5.92 Å². The average molecular weight is 1020 g/mol. The third-order valence-electron chi connectivity index (χ3n) is 11.7. The van der Waals surface area contributed by atoms with Crippen LogP contribution < -0.4 is 52.3 Å². The Bertz CT molecular complexity index is 1870. The molecule has 4 saturated heterocycles. The summed E-state index contributed by atoms with van der Waals surface area (Å²) in [6.45, 7) is 12.1. The van der Waals surface area contributed by atoms with Gasteiger partial charge in [0.1, 0.15) is 28.9 Å². The number of nitrogens with zero attached hydrogens (tertiary/aromatic N) is 3. The Hall–Kier alpha value is -4.18. The van der Waals surface area contributed by atoms with Crippen LogP contribution in [0.1, 0.15) is 18.9 Å². The largest absolute Gasteiger partial charge is 0.497 e. The Kier molecular flexibility index (Phi) is 24.1. The van der Waals surface area contributed by atoms with Gasteiger partial charge in [-0.3, -0.25) is 14.9 Å². The van der Waals surface area contributed by atoms with Gasteiger partial charge >= 0.3 is 12.1 Å². The smallest absolute Gasteiger partial charge is 0.321 e. The Morgan fingerprint density at radius 1 is 0.843 bits per heavy atom. The van der Waals surface area contributed by atoms with Crippen molar-refractivity contribution in [1.29, 1.82) is 0 Å². The van der Waals surface area contributed by atoms with Crippen LogP contribution in [-0.2, 0) is 39.8 Å². The van der Waals surface area contributed by atoms with Crippen molar-refractivity contribution >= 4 is 53.1 Å². The molecule has 4 aliphatic heterocycles. The van der Waals surface area contributed by atoms with Crippen molar-refractivity contribution in [3.8, 4) is 11.5 Å². The number of urea groups is 2. The van der Waals surface area contributed by atoms with Crippen LogP contribution in [-0.4, -0.2) is 205 Å². The summed E-state index contributed by atoms with van der Waals surface area (Å²) < 4.78 is 39.8. The molecule has 22 nitrogen and oxygen atoms in total. The molecule has 0 aromatic heterocycles. The summed E-state index contributed by atoms with van der Waals surface area (Å²) in [5.41, 5.74) is 7.70. The molecular weight excluding hydrogens is 947 g/mol. The molecule has 2 aromatic carbocycles. The molecule has 8 N–H and O–H groups in total. The molecule has 5 unspecified atom stereocenters. The molecule has 0 aliphatic carbocycles. The summed E-state index contributed by atoms with van der Waals surface area (Å²) in [7, 11) is 3.68. The highest BCUT2D eigenvalue weighted by Crippen LogP contribution is 2.25. The number of hydrogen-bond acceptors (Lipinski definition) is 18. The van der Waals surface area contributed by atoms with E-state index in [0.29, 0.717) is 104 Å². The molecule has 4 fully saturated rings. The predicted octanol–water partition coefficient (Wildman–Crippen LogP) is 0.818. The highest BCUT2D eigenvalue weighted by atomic mass is 32.2. The van der Waals surface area contributed by atoms with Gasteiger partial charge in [-0.25, -0.2) is 20.0 Å². The summed E-state index contributed by atoms with van der Waals surface area (Å²) >= 11 is 2.98. The third-order valence-corrected chi connectivity index (χ3v) is 14.4. The first kappa shape index (κ1) is 55.1. The van der Waals surface area contributed by atoms with E-state index in [1.165, 1.54) is 11.8 Å². The number of amides is 6. The first-order chi connectivity index (χ1) is 34.1. The van der Waals surface area contributed by atoms with E-state index in [1.807, 2.05) is 41.1 Å². The van der Waals surface area contributed by atoms with Crippen LogP contribution in [0.2, 0.25) is 0 Å². The maximum atomic E-state index is 13.3. The molecule has 6 amide bonds. The normalized spacial score (nSPS) is 22.2. The number of carbonyl (C=O) groups is 4. The second-order valence-electron chi connectivity index (χ2n) is 17.3. The van der Waals surface area contributed by atoms with E-state index < -0.39 is 5.25 Å². The minimum atomic E-state index is -0.530. The third kappa shape index (κ3) is 20.1. The fraction of sp³-hybridized carbons (Fsp3) is 0.652. The number of piperazine rings is 1. The van der Waals surface area contributed by atoms with Gasteiger partial charge in [-0.2, -0.15) is 5.53 Å². The highest BCUT2D eigenvalue weighted by molar-refractivity contribution is 8.01. The summed E-state index contributed by atoms with van der Waals surface area (Å²) in [4.78, 5) is 54.7. The van der Waals surface area contributed by atoms with Gasteiger partial charge in [0.25, 0.3) is 0 Å². The SMILES string of the molecule is COc1ccc(CNC(=O)[C@H](COCCOCCOCCN2CC(COCCOCCOc3ccc(NC(=O)NC4NC(CC(=O)N5CCN(C)CC5)CS4)cc3)NN2)SC2NC(=O)NCC2C)cc1. The van der Waals surface area contributed by atoms with Crippen molar-refractivity contribution < 1.29 is 52.3 Å². The topological polar surface area (TPSA) is 239 Å². The minimum absolute atomic E-state index is 0.0231. The van der Waals surface area contributed by atoms with Gasteiger partial charge in [-0.05, 0) is 49.0 Å². The molecule has 0 radical (unpaired) electrons. The van der Waals surface area contributed by atoms with Crippen molar-refractivity contribution in [2.45, 2.75) is 48.1 Å². The van der Waals surface area contributed by atoms with E-state index in [-0.39, 0.29) is 59.4 Å². The van der Waals surface area contributed by atoms with Gasteiger partial charge in [0, 0.05) is 82.2 Å². The number of hydrogen-bond donors (Lipinski definition) is 8. The zero-order valence-corrected chi connectivity index (χ0v) is 42.2. The Balaban J connectivity index is 0.716. The number of benzene rings is 2. The summed E-state index contributed by atoms with van der Waals surface area (Å²) in [5, 5.41) is 19.1. The Morgan fingerprint density at radius 3 is 2.27 bits per heavy atom. The number of nitrogens with one attached hydrogen (secondary N) is 8. The van der Waals surface area contributed by atoms with E-state index >= 15 is 0 Å². The maximum absolute atomic E-state index is 13.3. The number of methoxy groups -OCH3 is 1. The number of likely N-dealkylation sites (N-methyl/N-ethyl adjacent to an activating group) is 1. The number of thioether (sulfide) groups is 2. The molecule has 6 atom stereocenters. The van der Waals surface area contributed by atoms with Gasteiger partial charge in [0.05, 0.1) is 84.6 Å². The van der Waals surface area contributed by atoms with Gasteiger partial charge < -0.3 is 69.5 Å². The Labute approximate surface area is 419 Å². The molecule has 24 heteroatoms. The molecule has 4 heterocycles. The van der Waals surface area contributed by atoms with Crippen LogP contribution in [0.3, 0.4) is 0 Å². The van der Waals surface area contributed by atoms with Gasteiger partial charge in [0.15, 0.2) is 0 Å². The second-order valence-corrected chi connectivity index (χ2v) is 19.8. The lowest BCUT2D eigenvalue weighted by Gasteiger charge is -2.33. The van der Waals surface area contributed by atoms with E-state index in [4.69, 9.17) is 33.2 Å². The quantitative estimate of drug-likeness (QED) is 0.0506. The number of anilines is 1. The number of ether oxygens (including phenoxy) is 7. The number of carbonyl (C=O) groups excluding carboxylic acids is 4. The fourth-order valence-corrected chi connectivity index (χ4v) is 9.94. The number of hydrazine groups is 2. The fourth-order valence-electron chi connectivity index (χ4n) is 7.54. The molecule has 70 heavy (non-hydrogen) atoms. The van der Waals surface area contributed by atoms with Crippen LogP contribution in [0.25, 0.3) is 0 Å². The summed E-state index contributed by atoms with van der Waals surface area (Å²) in [5.74, 6) is 2.29. The van der Waals surface area contributed by atoms with Gasteiger partial charge in [-0.15, -0.1) is 23.5 Å². The second kappa shape index (κ2) is 30.6. The van der Waals surface area contributed by atoms with Crippen LogP contribution in [0.15, 0.2) is 48.5 Å². The van der Waals surface area contributed by atoms with E-state index in [1.54, 1.807) is 43.1 Å². The molecule has 4 aliphatic rings. The monoisotopic (exact) mass is 1020 g/mol. The zero-order valence-electron chi connectivity index (χ0n) is 40.6. The van der Waals surface area contributed by atoms with E-state index in [2.05, 4.69) is 54.8 Å². The number of rotatable bonds is 30. The van der Waals surface area contributed by atoms with Crippen molar-refractivity contribution in [3.63, 3.8) is 0 Å². The van der Waals surface area contributed by atoms with Crippen molar-refractivity contribution in [1.82, 2.24) is 52.4 Å². The first-order valence-electron chi connectivity index (χ1n) is 24.0. The molecule has 0 spiro atoms. The lowest BCUT2D eigenvalue weighted by atomic mass is 10.1. The summed E-state index contributed by atoms with van der Waals surface area (Å²) in [6.07, 6.45) is 0.428. The molecule has 6 rings (SSSR count). The molecule has 0 bridgehead atoms. The van der Waals surface area contributed by atoms with Crippen LogP contribution in [0.5, 0.6) is 11.5 Å². The van der Waals surface area contributed by atoms with Crippen LogP contribution in [0.4, 0.5) is 15.3 Å². The molecule has 390 valence electrons. The van der Waals surface area contributed by atoms with Crippen molar-refractivity contribution in [2.75, 3.05) is 144 Å². The van der Waals surface area contributed by atoms with Crippen molar-refractivity contribution in [3.05, 3.63) is 54.1 Å². The molecule has 0 saturated carbocycles. The average Bonchev–Trinajstić information content (AvgIpc) is 4.02. The Morgan fingerprint density at radius 2 is 1.53 bits per heavy atom. The summed E-state index contributed by atoms with van der Waals surface area (Å²) in [6, 6.07) is 14.2. The van der Waals surface area contributed by atoms with E-state index in [0.717, 1.165) is 49.8 Å². The lowest BCUT2D eigenvalue weighted by Crippen LogP contribution is -2.54. The van der Waals surface area contributed by atoms with Crippen molar-refractivity contribution in [2.24, 2.45) is 5.92 Å². The standard InChI is InChI=1S/C46H73N11O11S2/c1-33-27-48-44(60)51-43(33)70-40(42(59)47-28-34-4-8-38(62-3)9-5-34)31-67-23-21-64-19-18-63-17-16-57-29-37(53-54-57)30-66-22-20-65-24-25-68-39-10-6-35(7-11-39)49-45(61)52-46-50-36(32-69-46)26-41(58)56-14-12-55(2)13-15-56/h4-11,33,36-37,40,43,46,50,53-54H,12-32H2,1-3H3,(H,47,59)(H2,48,51,60)(H2,49,52,61)/t33?,36?,37?,40-,43?,46?/m0/s1. The first-order valence-corrected chi connectivity index (χ1v) is 26.0. The molecule has 2 aromatic rings. The molecular formula is C46H73N11O11S2. The van der Waals surface area contributed by atoms with Gasteiger partial charge in [0.2, 0.25) is 11.8 Å². The van der Waals surface area contributed by atoms with Crippen LogP contribution >= 0.6 is 23.5 Å². The minimum Gasteiger partial charge on any atom is -0.497 e.